The van der Waals surface area contributed by atoms with Gasteiger partial charge in [0.05, 0.1) is 12.2 Å². The molecule has 0 radical (unpaired) electrons. The zero-order valence-electron chi connectivity index (χ0n) is 11.6. The summed E-state index contributed by atoms with van der Waals surface area (Å²) in [6.45, 7) is 2.70. The van der Waals surface area contributed by atoms with Crippen LogP contribution in [0.3, 0.4) is 0 Å². The van der Waals surface area contributed by atoms with Crippen LogP contribution in [0.2, 0.25) is 0 Å². The lowest BCUT2D eigenvalue weighted by Crippen LogP contribution is -2.24. The molecule has 20 heavy (non-hydrogen) atoms. The van der Waals surface area contributed by atoms with Gasteiger partial charge < -0.3 is 9.88 Å². The molecule has 0 aliphatic carbocycles. The number of nitrogens with one attached hydrogen (secondary N) is 2. The lowest BCUT2D eigenvalue weighted by atomic mass is 10.3. The van der Waals surface area contributed by atoms with E-state index in [0.29, 0.717) is 18.8 Å². The quantitative estimate of drug-likeness (QED) is 0.855. The van der Waals surface area contributed by atoms with Crippen molar-refractivity contribution in [2.24, 2.45) is 7.05 Å². The number of hydrogen-bond donors (Lipinski definition) is 2. The molecular weight excluding hydrogens is 274 g/mol. The number of rotatable bonds is 6. The van der Waals surface area contributed by atoms with Gasteiger partial charge in [-0.25, -0.2) is 13.1 Å². The zero-order valence-corrected chi connectivity index (χ0v) is 12.4. The van der Waals surface area contributed by atoms with Gasteiger partial charge >= 0.3 is 0 Å². The molecule has 5 nitrogen and oxygen atoms in total. The number of aryl methyl sites for hydroxylation is 1. The minimum absolute atomic E-state index is 0.274. The maximum absolute atomic E-state index is 12.1. The number of aromatic nitrogens is 1. The van der Waals surface area contributed by atoms with E-state index in [4.69, 9.17) is 0 Å². The molecule has 2 N–H and O–H groups in total. The summed E-state index contributed by atoms with van der Waals surface area (Å²) in [5, 5.41) is 3.18. The Morgan fingerprint density at radius 2 is 1.90 bits per heavy atom. The van der Waals surface area contributed by atoms with Crippen molar-refractivity contribution < 1.29 is 8.42 Å². The van der Waals surface area contributed by atoms with Crippen molar-refractivity contribution in [2.45, 2.75) is 18.4 Å². The minimum atomic E-state index is -3.46. The van der Waals surface area contributed by atoms with Gasteiger partial charge in [0.15, 0.2) is 0 Å². The SMILES string of the molecule is CCNS(=O)(=O)c1ccccc1NCc1cccn1C. The number of anilines is 1. The standard InChI is InChI=1S/C14H19N3O2S/c1-3-16-20(18,19)14-9-5-4-8-13(14)15-11-12-7-6-10-17(12)2/h4-10,15-16H,3,11H2,1-2H3. The molecule has 0 fully saturated rings. The van der Waals surface area contributed by atoms with E-state index in [9.17, 15) is 8.42 Å². The third-order valence-corrected chi connectivity index (χ3v) is 4.63. The third kappa shape index (κ3) is 3.20. The summed E-state index contributed by atoms with van der Waals surface area (Å²) in [4.78, 5) is 0.274. The van der Waals surface area contributed by atoms with Gasteiger partial charge in [-0.05, 0) is 24.3 Å². The fourth-order valence-corrected chi connectivity index (χ4v) is 3.20. The van der Waals surface area contributed by atoms with E-state index in [1.54, 1.807) is 25.1 Å². The van der Waals surface area contributed by atoms with Crippen LogP contribution < -0.4 is 10.0 Å². The van der Waals surface area contributed by atoms with E-state index < -0.39 is 10.0 Å². The first-order valence-corrected chi connectivity index (χ1v) is 7.95. The molecule has 0 amide bonds. The topological polar surface area (TPSA) is 63.1 Å². The first-order valence-electron chi connectivity index (χ1n) is 6.47. The summed E-state index contributed by atoms with van der Waals surface area (Å²) < 4.78 is 28.8. The Balaban J connectivity index is 2.23. The highest BCUT2D eigenvalue weighted by molar-refractivity contribution is 7.89. The molecule has 0 unspecified atom stereocenters. The Kier molecular flexibility index (Phi) is 4.46. The molecule has 1 aromatic carbocycles. The minimum Gasteiger partial charge on any atom is -0.378 e. The Morgan fingerprint density at radius 1 is 1.15 bits per heavy atom. The first-order chi connectivity index (χ1) is 9.54. The highest BCUT2D eigenvalue weighted by atomic mass is 32.2. The molecule has 0 saturated carbocycles. The van der Waals surface area contributed by atoms with Crippen LogP contribution in [0.15, 0.2) is 47.5 Å². The van der Waals surface area contributed by atoms with Gasteiger partial charge in [-0.1, -0.05) is 19.1 Å². The maximum atomic E-state index is 12.1. The molecule has 0 bridgehead atoms. The number of sulfonamides is 1. The summed E-state index contributed by atoms with van der Waals surface area (Å²) in [6, 6.07) is 10.9. The van der Waals surface area contributed by atoms with E-state index in [1.165, 1.54) is 0 Å². The van der Waals surface area contributed by atoms with Crippen molar-refractivity contribution in [2.75, 3.05) is 11.9 Å². The molecule has 1 heterocycles. The van der Waals surface area contributed by atoms with Crippen LogP contribution in [-0.4, -0.2) is 19.5 Å². The zero-order chi connectivity index (χ0) is 14.6. The van der Waals surface area contributed by atoms with Crippen LogP contribution in [0.4, 0.5) is 5.69 Å². The van der Waals surface area contributed by atoms with Gasteiger partial charge in [-0.3, -0.25) is 0 Å². The van der Waals surface area contributed by atoms with Crippen molar-refractivity contribution >= 4 is 15.7 Å². The van der Waals surface area contributed by atoms with Gasteiger partial charge in [0, 0.05) is 25.5 Å². The Labute approximate surface area is 119 Å². The van der Waals surface area contributed by atoms with Crippen LogP contribution in [0.25, 0.3) is 0 Å². The number of hydrogen-bond acceptors (Lipinski definition) is 3. The van der Waals surface area contributed by atoms with Crippen molar-refractivity contribution in [1.29, 1.82) is 0 Å². The molecule has 0 aliphatic heterocycles. The van der Waals surface area contributed by atoms with E-state index in [0.717, 1.165) is 5.69 Å². The second-order valence-corrected chi connectivity index (χ2v) is 6.20. The normalized spacial score (nSPS) is 11.5. The van der Waals surface area contributed by atoms with Crippen LogP contribution in [0, 0.1) is 0 Å². The van der Waals surface area contributed by atoms with Gasteiger partial charge in [0.1, 0.15) is 4.90 Å². The lowest BCUT2D eigenvalue weighted by Gasteiger charge is -2.13. The van der Waals surface area contributed by atoms with Gasteiger partial charge in [-0.15, -0.1) is 0 Å². The van der Waals surface area contributed by atoms with Crippen LogP contribution in [0.5, 0.6) is 0 Å². The van der Waals surface area contributed by atoms with Gasteiger partial charge in [-0.2, -0.15) is 0 Å². The van der Waals surface area contributed by atoms with Crippen LogP contribution >= 0.6 is 0 Å². The van der Waals surface area contributed by atoms with E-state index in [2.05, 4.69) is 10.0 Å². The van der Waals surface area contributed by atoms with Crippen LogP contribution in [0.1, 0.15) is 12.6 Å². The molecule has 0 atom stereocenters. The predicted octanol–water partition coefficient (Wildman–Crippen LogP) is 1.94. The molecule has 2 aromatic rings. The maximum Gasteiger partial charge on any atom is 0.242 e. The van der Waals surface area contributed by atoms with Gasteiger partial charge in [0.25, 0.3) is 0 Å². The number of benzene rings is 1. The molecule has 0 spiro atoms. The van der Waals surface area contributed by atoms with E-state index >= 15 is 0 Å². The molecule has 108 valence electrons. The average molecular weight is 293 g/mol. The first kappa shape index (κ1) is 14.6. The highest BCUT2D eigenvalue weighted by Crippen LogP contribution is 2.21. The molecule has 6 heteroatoms. The second kappa shape index (κ2) is 6.11. The van der Waals surface area contributed by atoms with E-state index in [-0.39, 0.29) is 4.90 Å². The van der Waals surface area contributed by atoms with Crippen molar-refractivity contribution in [1.82, 2.24) is 9.29 Å². The monoisotopic (exact) mass is 293 g/mol. The van der Waals surface area contributed by atoms with E-state index in [1.807, 2.05) is 36.0 Å². The molecule has 0 aliphatic rings. The Hall–Kier alpha value is -1.79. The average Bonchev–Trinajstić information content (AvgIpc) is 2.82. The summed E-state index contributed by atoms with van der Waals surface area (Å²) in [6.07, 6.45) is 1.96. The summed E-state index contributed by atoms with van der Waals surface area (Å²) >= 11 is 0. The predicted molar refractivity (Wildman–Crippen MR) is 80.0 cm³/mol. The fraction of sp³-hybridized carbons (Fsp3) is 0.286. The smallest absolute Gasteiger partial charge is 0.242 e. The summed E-state index contributed by atoms with van der Waals surface area (Å²) in [5.41, 5.74) is 1.69. The molecular formula is C14H19N3O2S. The Morgan fingerprint density at radius 3 is 2.55 bits per heavy atom. The third-order valence-electron chi connectivity index (χ3n) is 3.02. The van der Waals surface area contributed by atoms with Gasteiger partial charge in [0.2, 0.25) is 10.0 Å². The molecule has 2 rings (SSSR count). The Bertz CT molecular complexity index is 677. The summed E-state index contributed by atoms with van der Waals surface area (Å²) in [5.74, 6) is 0. The number of para-hydroxylation sites is 1. The van der Waals surface area contributed by atoms with Crippen molar-refractivity contribution in [3.05, 3.63) is 48.3 Å². The van der Waals surface area contributed by atoms with Crippen LogP contribution in [-0.2, 0) is 23.6 Å². The largest absolute Gasteiger partial charge is 0.378 e. The number of nitrogens with zero attached hydrogens (tertiary/aromatic N) is 1. The second-order valence-electron chi connectivity index (χ2n) is 4.46. The highest BCUT2D eigenvalue weighted by Gasteiger charge is 2.16. The van der Waals surface area contributed by atoms with Crippen molar-refractivity contribution in [3.8, 4) is 0 Å². The molecule has 0 saturated heterocycles. The summed E-state index contributed by atoms with van der Waals surface area (Å²) in [7, 11) is -1.50. The molecule has 1 aromatic heterocycles. The van der Waals surface area contributed by atoms with Crippen molar-refractivity contribution in [3.63, 3.8) is 0 Å². The lowest BCUT2D eigenvalue weighted by molar-refractivity contribution is 0.584. The fourth-order valence-electron chi connectivity index (χ4n) is 1.98.